The maximum Gasteiger partial charge on any atom is 0.243 e. The summed E-state index contributed by atoms with van der Waals surface area (Å²) in [4.78, 5) is 11.3. The van der Waals surface area contributed by atoms with Crippen molar-refractivity contribution in [2.75, 3.05) is 6.54 Å². The van der Waals surface area contributed by atoms with Crippen LogP contribution in [0, 0.1) is 11.6 Å². The van der Waals surface area contributed by atoms with Gasteiger partial charge in [-0.2, -0.15) is 0 Å². The van der Waals surface area contributed by atoms with Gasteiger partial charge in [-0.05, 0) is 37.5 Å². The lowest BCUT2D eigenvalue weighted by atomic mass is 9.95. The molecule has 0 aromatic heterocycles. The van der Waals surface area contributed by atoms with Crippen molar-refractivity contribution in [3.8, 4) is 0 Å². The number of nitrogens with one attached hydrogen (secondary N) is 1. The molecule has 1 aliphatic rings. The number of allylic oxidation sites excluding steroid dienone is 1. The standard InChI is InChI=1S/C14H15F2NO/c1-2-3-13(18)17-9-14(6-7-14)11-5-4-10(15)8-12(11)16/h2-5,8H,6-7,9H2,1H3,(H,17,18)/b3-2+. The quantitative estimate of drug-likeness (QED) is 0.819. The first-order valence-corrected chi connectivity index (χ1v) is 5.93. The van der Waals surface area contributed by atoms with Gasteiger partial charge in [0.2, 0.25) is 5.91 Å². The summed E-state index contributed by atoms with van der Waals surface area (Å²) in [5.41, 5.74) is 0.138. The molecule has 4 heteroatoms. The normalized spacial score (nSPS) is 16.8. The van der Waals surface area contributed by atoms with E-state index >= 15 is 0 Å². The first kappa shape index (κ1) is 12.7. The lowest BCUT2D eigenvalue weighted by Crippen LogP contribution is -2.31. The second-order valence-electron chi connectivity index (χ2n) is 4.62. The van der Waals surface area contributed by atoms with E-state index in [1.54, 1.807) is 13.0 Å². The summed E-state index contributed by atoms with van der Waals surface area (Å²) in [6.07, 6.45) is 4.70. The molecule has 0 radical (unpaired) electrons. The van der Waals surface area contributed by atoms with E-state index in [0.29, 0.717) is 12.1 Å². The zero-order chi connectivity index (χ0) is 13.2. The Balaban J connectivity index is 2.09. The third-order valence-electron chi connectivity index (χ3n) is 3.28. The van der Waals surface area contributed by atoms with Crippen molar-refractivity contribution in [1.82, 2.24) is 5.32 Å². The summed E-state index contributed by atoms with van der Waals surface area (Å²) in [5.74, 6) is -1.30. The van der Waals surface area contributed by atoms with Crippen molar-refractivity contribution in [2.24, 2.45) is 0 Å². The molecule has 0 aliphatic heterocycles. The van der Waals surface area contributed by atoms with Crippen LogP contribution in [0.5, 0.6) is 0 Å². The molecule has 0 atom stereocenters. The van der Waals surface area contributed by atoms with Crippen molar-refractivity contribution >= 4 is 5.91 Å². The fourth-order valence-corrected chi connectivity index (χ4v) is 2.08. The Bertz CT molecular complexity index is 493. The molecule has 18 heavy (non-hydrogen) atoms. The highest BCUT2D eigenvalue weighted by atomic mass is 19.1. The van der Waals surface area contributed by atoms with Crippen LogP contribution in [0.1, 0.15) is 25.3 Å². The smallest absolute Gasteiger partial charge is 0.243 e. The van der Waals surface area contributed by atoms with Gasteiger partial charge in [-0.3, -0.25) is 4.79 Å². The summed E-state index contributed by atoms with van der Waals surface area (Å²) in [5, 5.41) is 2.74. The van der Waals surface area contributed by atoms with Gasteiger partial charge in [-0.1, -0.05) is 12.1 Å². The molecule has 96 valence electrons. The second-order valence-corrected chi connectivity index (χ2v) is 4.62. The van der Waals surface area contributed by atoms with Gasteiger partial charge in [-0.15, -0.1) is 0 Å². The number of halogens is 2. The predicted molar refractivity (Wildman–Crippen MR) is 65.1 cm³/mol. The van der Waals surface area contributed by atoms with Crippen molar-refractivity contribution in [3.63, 3.8) is 0 Å². The van der Waals surface area contributed by atoms with Crippen LogP contribution in [0.15, 0.2) is 30.4 Å². The topological polar surface area (TPSA) is 29.1 Å². The number of carbonyl (C=O) groups excluding carboxylic acids is 1. The molecular formula is C14H15F2NO. The van der Waals surface area contributed by atoms with E-state index in [0.717, 1.165) is 18.9 Å². The van der Waals surface area contributed by atoms with Gasteiger partial charge in [0, 0.05) is 18.0 Å². The Morgan fingerprint density at radius 2 is 2.17 bits per heavy atom. The van der Waals surface area contributed by atoms with Crippen molar-refractivity contribution in [1.29, 1.82) is 0 Å². The van der Waals surface area contributed by atoms with Crippen LogP contribution in [0.3, 0.4) is 0 Å². The van der Waals surface area contributed by atoms with Gasteiger partial charge in [0.25, 0.3) is 0 Å². The van der Waals surface area contributed by atoms with Crippen LogP contribution in [-0.2, 0) is 10.2 Å². The van der Waals surface area contributed by atoms with E-state index in [9.17, 15) is 13.6 Å². The average molecular weight is 251 g/mol. The van der Waals surface area contributed by atoms with Crippen LogP contribution in [-0.4, -0.2) is 12.5 Å². The molecule has 0 spiro atoms. The Kier molecular flexibility index (Phi) is 3.45. The van der Waals surface area contributed by atoms with Gasteiger partial charge in [0.15, 0.2) is 0 Å². The van der Waals surface area contributed by atoms with E-state index in [1.807, 2.05) is 0 Å². The minimum absolute atomic E-state index is 0.189. The third kappa shape index (κ3) is 2.58. The molecule has 1 aliphatic carbocycles. The number of rotatable bonds is 4. The molecule has 1 aromatic carbocycles. The number of amides is 1. The molecule has 1 fully saturated rings. The highest BCUT2D eigenvalue weighted by Crippen LogP contribution is 2.48. The van der Waals surface area contributed by atoms with E-state index in [1.165, 1.54) is 18.2 Å². The van der Waals surface area contributed by atoms with Gasteiger partial charge >= 0.3 is 0 Å². The largest absolute Gasteiger partial charge is 0.352 e. The summed E-state index contributed by atoms with van der Waals surface area (Å²) in [6.45, 7) is 2.14. The van der Waals surface area contributed by atoms with Crippen LogP contribution in [0.4, 0.5) is 8.78 Å². The molecule has 1 amide bonds. The van der Waals surface area contributed by atoms with E-state index < -0.39 is 11.6 Å². The lowest BCUT2D eigenvalue weighted by molar-refractivity contribution is -0.116. The fraction of sp³-hybridized carbons (Fsp3) is 0.357. The Morgan fingerprint density at radius 1 is 1.44 bits per heavy atom. The molecule has 1 N–H and O–H groups in total. The van der Waals surface area contributed by atoms with Gasteiger partial charge in [0.1, 0.15) is 11.6 Å². The molecule has 0 saturated heterocycles. The van der Waals surface area contributed by atoms with Gasteiger partial charge < -0.3 is 5.32 Å². The molecule has 0 unspecified atom stereocenters. The fourth-order valence-electron chi connectivity index (χ4n) is 2.08. The summed E-state index contributed by atoms with van der Waals surface area (Å²) in [7, 11) is 0. The molecular weight excluding hydrogens is 236 g/mol. The molecule has 0 heterocycles. The predicted octanol–water partition coefficient (Wildman–Crippen LogP) is 2.69. The summed E-state index contributed by atoms with van der Waals surface area (Å²) < 4.78 is 26.5. The van der Waals surface area contributed by atoms with Crippen LogP contribution >= 0.6 is 0 Å². The SMILES string of the molecule is C/C=C/C(=O)NCC1(c2ccc(F)cc2F)CC1. The molecule has 2 rings (SSSR count). The van der Waals surface area contributed by atoms with E-state index in [-0.39, 0.29) is 11.3 Å². The van der Waals surface area contributed by atoms with E-state index in [4.69, 9.17) is 0 Å². The Morgan fingerprint density at radius 3 is 2.72 bits per heavy atom. The number of benzene rings is 1. The number of hydrogen-bond acceptors (Lipinski definition) is 1. The average Bonchev–Trinajstić information content (AvgIpc) is 3.08. The maximum atomic E-state index is 13.7. The molecule has 0 bridgehead atoms. The van der Waals surface area contributed by atoms with Crippen LogP contribution < -0.4 is 5.32 Å². The first-order valence-electron chi connectivity index (χ1n) is 5.93. The number of carbonyl (C=O) groups is 1. The minimum atomic E-state index is -0.579. The van der Waals surface area contributed by atoms with Gasteiger partial charge in [-0.25, -0.2) is 8.78 Å². The van der Waals surface area contributed by atoms with Crippen molar-refractivity contribution in [3.05, 3.63) is 47.5 Å². The van der Waals surface area contributed by atoms with Gasteiger partial charge in [0.05, 0.1) is 0 Å². The molecule has 1 aromatic rings. The van der Waals surface area contributed by atoms with Crippen molar-refractivity contribution in [2.45, 2.75) is 25.2 Å². The summed E-state index contributed by atoms with van der Waals surface area (Å²) >= 11 is 0. The Labute approximate surface area is 105 Å². The third-order valence-corrected chi connectivity index (χ3v) is 3.28. The first-order chi connectivity index (χ1) is 8.57. The highest BCUT2D eigenvalue weighted by molar-refractivity contribution is 5.87. The van der Waals surface area contributed by atoms with Crippen LogP contribution in [0.2, 0.25) is 0 Å². The lowest BCUT2D eigenvalue weighted by Gasteiger charge is -2.16. The monoisotopic (exact) mass is 251 g/mol. The Hall–Kier alpha value is -1.71. The van der Waals surface area contributed by atoms with Crippen molar-refractivity contribution < 1.29 is 13.6 Å². The highest BCUT2D eigenvalue weighted by Gasteiger charge is 2.46. The maximum absolute atomic E-state index is 13.7. The van der Waals surface area contributed by atoms with Crippen LogP contribution in [0.25, 0.3) is 0 Å². The number of hydrogen-bond donors (Lipinski definition) is 1. The molecule has 1 saturated carbocycles. The molecule has 2 nitrogen and oxygen atoms in total. The zero-order valence-electron chi connectivity index (χ0n) is 10.2. The summed E-state index contributed by atoms with van der Waals surface area (Å²) in [6, 6.07) is 3.62. The second kappa shape index (κ2) is 4.88. The van der Waals surface area contributed by atoms with E-state index in [2.05, 4.69) is 5.32 Å². The minimum Gasteiger partial charge on any atom is -0.352 e. The zero-order valence-corrected chi connectivity index (χ0v) is 10.2.